The zero-order valence-electron chi connectivity index (χ0n) is 22.3. The minimum atomic E-state index is -0.597. The number of allylic oxidation sites excluding steroid dienone is 2. The molecule has 3 nitrogen and oxygen atoms in total. The lowest BCUT2D eigenvalue weighted by Crippen LogP contribution is -2.63. The largest absolute Gasteiger partial charge is 0.481 e. The Kier molecular flexibility index (Phi) is 4.99. The highest BCUT2D eigenvalue weighted by Gasteiger charge is 2.67. The molecule has 0 aromatic rings. The number of fused-ring (bicyclic) bond motifs is 7. The van der Waals surface area contributed by atoms with Crippen LogP contribution in [0.1, 0.15) is 113 Å². The maximum absolute atomic E-state index is 12.3. The molecule has 4 fully saturated rings. The second-order valence-electron chi connectivity index (χ2n) is 15.0. The molecule has 33 heavy (non-hydrogen) atoms. The van der Waals surface area contributed by atoms with E-state index in [1.54, 1.807) is 5.57 Å². The molecular weight excluding hydrogens is 408 g/mol. The van der Waals surface area contributed by atoms with Gasteiger partial charge in [-0.25, -0.2) is 0 Å². The molecule has 0 aromatic heterocycles. The van der Waals surface area contributed by atoms with Gasteiger partial charge in [0.2, 0.25) is 0 Å². The highest BCUT2D eigenvalue weighted by Crippen LogP contribution is 2.75. The number of carbonyl (C=O) groups is 1. The Morgan fingerprint density at radius 2 is 1.42 bits per heavy atom. The highest BCUT2D eigenvalue weighted by atomic mass is 16.4. The van der Waals surface area contributed by atoms with Crippen LogP contribution in [0.4, 0.5) is 0 Å². The zero-order valence-corrected chi connectivity index (χ0v) is 22.3. The van der Waals surface area contributed by atoms with Gasteiger partial charge in [-0.2, -0.15) is 0 Å². The van der Waals surface area contributed by atoms with Crippen LogP contribution < -0.4 is 0 Å². The number of aliphatic hydroxyl groups is 1. The minimum absolute atomic E-state index is 0.0126. The minimum Gasteiger partial charge on any atom is -0.481 e. The maximum atomic E-state index is 12.3. The first-order valence-corrected chi connectivity index (χ1v) is 13.8. The third kappa shape index (κ3) is 2.93. The predicted octanol–water partition coefficient (Wildman–Crippen LogP) is 7.23. The van der Waals surface area contributed by atoms with Crippen LogP contribution in [0.3, 0.4) is 0 Å². The van der Waals surface area contributed by atoms with Crippen LogP contribution in [0.25, 0.3) is 0 Å². The molecule has 2 N–H and O–H groups in total. The van der Waals surface area contributed by atoms with E-state index >= 15 is 0 Å². The quantitative estimate of drug-likeness (QED) is 0.409. The Labute approximate surface area is 201 Å². The summed E-state index contributed by atoms with van der Waals surface area (Å²) in [5, 5.41) is 21.0. The average Bonchev–Trinajstić information content (AvgIpc) is 2.71. The summed E-state index contributed by atoms with van der Waals surface area (Å²) in [5.74, 6) is 1.09. The smallest absolute Gasteiger partial charge is 0.309 e. The number of aliphatic hydroxyl groups excluding tert-OH is 1. The van der Waals surface area contributed by atoms with Crippen molar-refractivity contribution in [3.05, 3.63) is 11.6 Å². The third-order valence-electron chi connectivity index (χ3n) is 13.0. The van der Waals surface area contributed by atoms with Gasteiger partial charge in [0.1, 0.15) is 0 Å². The predicted molar refractivity (Wildman–Crippen MR) is 133 cm³/mol. The second-order valence-corrected chi connectivity index (χ2v) is 15.0. The Bertz CT molecular complexity index is 889. The molecule has 5 rings (SSSR count). The molecule has 3 heteroatoms. The first kappa shape index (κ1) is 23.9. The van der Waals surface area contributed by atoms with Gasteiger partial charge in [-0.15, -0.1) is 0 Å². The van der Waals surface area contributed by atoms with Crippen LogP contribution >= 0.6 is 0 Å². The summed E-state index contributed by atoms with van der Waals surface area (Å²) in [6.45, 7) is 16.7. The van der Waals surface area contributed by atoms with Crippen molar-refractivity contribution in [1.29, 1.82) is 0 Å². The van der Waals surface area contributed by atoms with E-state index in [1.165, 1.54) is 25.7 Å². The second kappa shape index (κ2) is 6.89. The Morgan fingerprint density at radius 3 is 2.06 bits per heavy atom. The Balaban J connectivity index is 1.55. The van der Waals surface area contributed by atoms with Crippen LogP contribution in [0, 0.1) is 50.2 Å². The molecule has 0 bridgehead atoms. The number of aliphatic carboxylic acids is 1. The van der Waals surface area contributed by atoms with Gasteiger partial charge >= 0.3 is 5.97 Å². The summed E-state index contributed by atoms with van der Waals surface area (Å²) in [6.07, 6.45) is 13.2. The molecule has 186 valence electrons. The van der Waals surface area contributed by atoms with Gasteiger partial charge in [-0.1, -0.05) is 53.2 Å². The van der Waals surface area contributed by atoms with Crippen molar-refractivity contribution in [1.82, 2.24) is 0 Å². The lowest BCUT2D eigenvalue weighted by Gasteiger charge is -2.70. The number of carboxylic acid groups (broad SMARTS) is 1. The van der Waals surface area contributed by atoms with Crippen LogP contribution in [0.15, 0.2) is 11.6 Å². The van der Waals surface area contributed by atoms with E-state index in [1.807, 2.05) is 6.92 Å². The summed E-state index contributed by atoms with van der Waals surface area (Å²) in [4.78, 5) is 12.3. The normalized spacial score (nSPS) is 55.3. The van der Waals surface area contributed by atoms with Crippen molar-refractivity contribution in [2.75, 3.05) is 0 Å². The summed E-state index contributed by atoms with van der Waals surface area (Å²) in [7, 11) is 0. The molecule has 3 unspecified atom stereocenters. The summed E-state index contributed by atoms with van der Waals surface area (Å²) in [5.41, 5.74) is 1.92. The zero-order chi connectivity index (χ0) is 24.2. The van der Waals surface area contributed by atoms with Crippen LogP contribution in [0.2, 0.25) is 0 Å². The van der Waals surface area contributed by atoms with Crippen molar-refractivity contribution in [3.8, 4) is 0 Å². The average molecular weight is 457 g/mol. The van der Waals surface area contributed by atoms with E-state index in [4.69, 9.17) is 0 Å². The fourth-order valence-corrected chi connectivity index (χ4v) is 10.9. The molecule has 0 saturated heterocycles. The topological polar surface area (TPSA) is 57.5 Å². The van der Waals surface area contributed by atoms with Gasteiger partial charge in [-0.05, 0) is 116 Å². The lowest BCUT2D eigenvalue weighted by atomic mass is 9.34. The molecule has 0 amide bonds. The van der Waals surface area contributed by atoms with Crippen molar-refractivity contribution < 1.29 is 15.0 Å². The third-order valence-corrected chi connectivity index (χ3v) is 13.0. The van der Waals surface area contributed by atoms with Gasteiger partial charge in [-0.3, -0.25) is 4.79 Å². The Hall–Kier alpha value is -0.830. The molecular formula is C30H48O3. The molecule has 0 radical (unpaired) electrons. The van der Waals surface area contributed by atoms with Crippen LogP contribution in [0.5, 0.6) is 0 Å². The monoisotopic (exact) mass is 456 g/mol. The standard InChI is InChI=1S/C30H48O3/c1-25(2)19-9-13-29(6)20-8-12-26(3)16-17-27(4,24(32)33)18-22(26)30(20,7)14-10-21(29)28(19,5)15-11-23(25)31/h8,19,21-23,31H,9-18H2,1-7H3,(H,32,33)/t19?,21?,22?,23-,26+,27-,28+,29+,30-/m1/s1. The first-order valence-electron chi connectivity index (χ1n) is 13.8. The van der Waals surface area contributed by atoms with E-state index in [-0.39, 0.29) is 33.2 Å². The Morgan fingerprint density at radius 1 is 0.818 bits per heavy atom. The number of carboxylic acids is 1. The molecule has 4 saturated carbocycles. The lowest BCUT2D eigenvalue weighted by molar-refractivity contribution is -0.185. The fourth-order valence-electron chi connectivity index (χ4n) is 10.9. The van der Waals surface area contributed by atoms with E-state index < -0.39 is 11.4 Å². The molecule has 0 aliphatic heterocycles. The number of hydrogen-bond donors (Lipinski definition) is 2. The van der Waals surface area contributed by atoms with Gasteiger partial charge in [0.15, 0.2) is 0 Å². The molecule has 0 spiro atoms. The molecule has 0 heterocycles. The highest BCUT2D eigenvalue weighted by molar-refractivity contribution is 5.74. The first-order chi connectivity index (χ1) is 15.1. The van der Waals surface area contributed by atoms with Gasteiger partial charge in [0.25, 0.3) is 0 Å². The fraction of sp³-hybridized carbons (Fsp3) is 0.900. The van der Waals surface area contributed by atoms with Crippen LogP contribution in [-0.2, 0) is 4.79 Å². The molecule has 5 aliphatic carbocycles. The van der Waals surface area contributed by atoms with Crippen molar-refractivity contribution >= 4 is 5.97 Å². The molecule has 9 atom stereocenters. The van der Waals surface area contributed by atoms with E-state index in [0.29, 0.717) is 17.8 Å². The summed E-state index contributed by atoms with van der Waals surface area (Å²) < 4.78 is 0. The molecule has 0 aromatic carbocycles. The van der Waals surface area contributed by atoms with Gasteiger partial charge in [0, 0.05) is 0 Å². The number of hydrogen-bond acceptors (Lipinski definition) is 2. The molecule has 5 aliphatic rings. The van der Waals surface area contributed by atoms with E-state index in [9.17, 15) is 15.0 Å². The van der Waals surface area contributed by atoms with Gasteiger partial charge < -0.3 is 10.2 Å². The van der Waals surface area contributed by atoms with Crippen molar-refractivity contribution in [2.45, 2.75) is 119 Å². The van der Waals surface area contributed by atoms with Crippen LogP contribution in [-0.4, -0.2) is 22.3 Å². The maximum Gasteiger partial charge on any atom is 0.309 e. The van der Waals surface area contributed by atoms with E-state index in [0.717, 1.165) is 38.5 Å². The van der Waals surface area contributed by atoms with Crippen molar-refractivity contribution in [3.63, 3.8) is 0 Å². The van der Waals surface area contributed by atoms with E-state index in [2.05, 4.69) is 47.6 Å². The van der Waals surface area contributed by atoms with Crippen molar-refractivity contribution in [2.24, 2.45) is 50.2 Å². The summed E-state index contributed by atoms with van der Waals surface area (Å²) >= 11 is 0. The SMILES string of the molecule is CC1(C)C2CC[C@@]3(C)C4=CC[C@@]5(C)CC[C@@](C)(C(=O)O)CC5[C@]4(C)CCC3[C@@]2(C)CC[C@H]1O. The van der Waals surface area contributed by atoms with Gasteiger partial charge in [0.05, 0.1) is 11.5 Å². The summed E-state index contributed by atoms with van der Waals surface area (Å²) in [6, 6.07) is 0. The number of rotatable bonds is 1.